The molecule has 0 aromatic heterocycles. The van der Waals surface area contributed by atoms with Gasteiger partial charge in [0.25, 0.3) is 5.91 Å². The molecule has 1 N–H and O–H groups in total. The summed E-state index contributed by atoms with van der Waals surface area (Å²) in [6.07, 6.45) is 1.94. The highest BCUT2D eigenvalue weighted by Crippen LogP contribution is 2.21. The summed E-state index contributed by atoms with van der Waals surface area (Å²) in [7, 11) is 0. The normalized spacial score (nSPS) is 17.4. The zero-order chi connectivity index (χ0) is 17.6. The molecule has 1 heterocycles. The minimum absolute atomic E-state index is 0.0122. The zero-order valence-corrected chi connectivity index (χ0v) is 14.0. The van der Waals surface area contributed by atoms with Gasteiger partial charge in [-0.3, -0.25) is 4.79 Å². The summed E-state index contributed by atoms with van der Waals surface area (Å²) in [4.78, 5) is 14.5. The topological polar surface area (TPSA) is 49.8 Å². The number of likely N-dealkylation sites (tertiary alicyclic amines) is 1. The fraction of sp³-hybridized carbons (Fsp3) is 0.350. The van der Waals surface area contributed by atoms with Gasteiger partial charge >= 0.3 is 0 Å². The standard InChI is InChI=1S/C20H22FNO3/c21-18-6-8-19(9-7-18)25-14-16-4-2-10-22(12-16)20(24)17-5-1-3-15(11-17)13-23/h1,3,5-9,11,16,23H,2,4,10,12-14H2/t16-/m0/s1. The van der Waals surface area contributed by atoms with E-state index in [9.17, 15) is 14.3 Å². The SMILES string of the molecule is O=C(c1cccc(CO)c1)N1CCC[C@H](COc2ccc(F)cc2)C1. The minimum atomic E-state index is -0.285. The largest absolute Gasteiger partial charge is 0.493 e. The number of amides is 1. The number of benzene rings is 2. The van der Waals surface area contributed by atoms with Gasteiger partial charge in [-0.1, -0.05) is 12.1 Å². The molecule has 1 fully saturated rings. The van der Waals surface area contributed by atoms with Gasteiger partial charge in [-0.2, -0.15) is 0 Å². The van der Waals surface area contributed by atoms with Crippen LogP contribution in [0.1, 0.15) is 28.8 Å². The molecule has 0 bridgehead atoms. The molecular formula is C20H22FNO3. The Labute approximate surface area is 146 Å². The van der Waals surface area contributed by atoms with Gasteiger partial charge in [0.1, 0.15) is 11.6 Å². The maximum absolute atomic E-state index is 12.9. The van der Waals surface area contributed by atoms with Gasteiger partial charge in [0.2, 0.25) is 0 Å². The predicted molar refractivity (Wildman–Crippen MR) is 92.9 cm³/mol. The molecule has 1 amide bonds. The summed E-state index contributed by atoms with van der Waals surface area (Å²) in [5.41, 5.74) is 1.34. The average Bonchev–Trinajstić information content (AvgIpc) is 2.67. The third kappa shape index (κ3) is 4.57. The molecule has 0 spiro atoms. The number of halogens is 1. The number of carbonyl (C=O) groups is 1. The predicted octanol–water partition coefficient (Wildman–Crippen LogP) is 3.25. The first-order chi connectivity index (χ1) is 12.2. The van der Waals surface area contributed by atoms with E-state index in [2.05, 4.69) is 0 Å². The van der Waals surface area contributed by atoms with Crippen molar-refractivity contribution in [3.8, 4) is 5.75 Å². The Kier molecular flexibility index (Phi) is 5.66. The Morgan fingerprint density at radius 1 is 1.24 bits per heavy atom. The number of hydrogen-bond donors (Lipinski definition) is 1. The van der Waals surface area contributed by atoms with Crippen LogP contribution in [-0.2, 0) is 6.61 Å². The smallest absolute Gasteiger partial charge is 0.253 e. The molecular weight excluding hydrogens is 321 g/mol. The van der Waals surface area contributed by atoms with E-state index < -0.39 is 0 Å². The van der Waals surface area contributed by atoms with Crippen LogP contribution >= 0.6 is 0 Å². The summed E-state index contributed by atoms with van der Waals surface area (Å²) < 4.78 is 18.7. The second kappa shape index (κ2) is 8.12. The molecule has 3 rings (SSSR count). The highest BCUT2D eigenvalue weighted by molar-refractivity contribution is 5.94. The van der Waals surface area contributed by atoms with Gasteiger partial charge in [0.05, 0.1) is 13.2 Å². The maximum Gasteiger partial charge on any atom is 0.253 e. The quantitative estimate of drug-likeness (QED) is 0.907. The second-order valence-corrected chi connectivity index (χ2v) is 6.38. The number of piperidine rings is 1. The van der Waals surface area contributed by atoms with Crippen LogP contribution in [-0.4, -0.2) is 35.6 Å². The molecule has 4 nitrogen and oxygen atoms in total. The van der Waals surface area contributed by atoms with E-state index in [0.717, 1.165) is 24.9 Å². The van der Waals surface area contributed by atoms with Gasteiger partial charge in [0, 0.05) is 24.6 Å². The van der Waals surface area contributed by atoms with Crippen LogP contribution in [0, 0.1) is 11.7 Å². The Bertz CT molecular complexity index is 717. The Hall–Kier alpha value is -2.40. The first-order valence-corrected chi connectivity index (χ1v) is 8.53. The van der Waals surface area contributed by atoms with Crippen molar-refractivity contribution < 1.29 is 19.0 Å². The number of aliphatic hydroxyl groups is 1. The minimum Gasteiger partial charge on any atom is -0.493 e. The lowest BCUT2D eigenvalue weighted by molar-refractivity contribution is 0.0633. The molecule has 0 radical (unpaired) electrons. The number of carbonyl (C=O) groups excluding carboxylic acids is 1. The van der Waals surface area contributed by atoms with E-state index in [1.54, 1.807) is 36.4 Å². The van der Waals surface area contributed by atoms with Crippen LogP contribution in [0.3, 0.4) is 0 Å². The van der Waals surface area contributed by atoms with Crippen LogP contribution in [0.2, 0.25) is 0 Å². The number of nitrogens with zero attached hydrogens (tertiary/aromatic N) is 1. The molecule has 2 aromatic carbocycles. The number of aliphatic hydroxyl groups excluding tert-OH is 1. The molecule has 5 heteroatoms. The van der Waals surface area contributed by atoms with Gasteiger partial charge < -0.3 is 14.7 Å². The van der Waals surface area contributed by atoms with Crippen molar-refractivity contribution in [3.05, 3.63) is 65.5 Å². The summed E-state index contributed by atoms with van der Waals surface area (Å²) in [5.74, 6) is 0.595. The summed E-state index contributed by atoms with van der Waals surface area (Å²) in [5, 5.41) is 9.23. The van der Waals surface area contributed by atoms with E-state index in [1.807, 2.05) is 4.90 Å². The van der Waals surface area contributed by atoms with Crippen molar-refractivity contribution in [2.24, 2.45) is 5.92 Å². The van der Waals surface area contributed by atoms with Crippen LogP contribution in [0.4, 0.5) is 4.39 Å². The Balaban J connectivity index is 1.58. The van der Waals surface area contributed by atoms with E-state index >= 15 is 0 Å². The van der Waals surface area contributed by atoms with Crippen molar-refractivity contribution in [2.75, 3.05) is 19.7 Å². The second-order valence-electron chi connectivity index (χ2n) is 6.38. The van der Waals surface area contributed by atoms with E-state index in [1.165, 1.54) is 12.1 Å². The number of rotatable bonds is 5. The Morgan fingerprint density at radius 2 is 2.04 bits per heavy atom. The van der Waals surface area contributed by atoms with E-state index in [4.69, 9.17) is 4.74 Å². The Morgan fingerprint density at radius 3 is 2.80 bits per heavy atom. The number of hydrogen-bond acceptors (Lipinski definition) is 3. The van der Waals surface area contributed by atoms with Crippen LogP contribution in [0.5, 0.6) is 5.75 Å². The van der Waals surface area contributed by atoms with Crippen LogP contribution in [0.25, 0.3) is 0 Å². The lowest BCUT2D eigenvalue weighted by atomic mass is 9.98. The molecule has 1 aliphatic rings. The molecule has 0 unspecified atom stereocenters. The van der Waals surface area contributed by atoms with Crippen LogP contribution < -0.4 is 4.74 Å². The monoisotopic (exact) mass is 343 g/mol. The molecule has 1 aliphatic heterocycles. The van der Waals surface area contributed by atoms with Crippen molar-refractivity contribution in [1.29, 1.82) is 0 Å². The first-order valence-electron chi connectivity index (χ1n) is 8.53. The lowest BCUT2D eigenvalue weighted by Crippen LogP contribution is -2.41. The molecule has 132 valence electrons. The van der Waals surface area contributed by atoms with Gasteiger partial charge in [-0.25, -0.2) is 4.39 Å². The van der Waals surface area contributed by atoms with E-state index in [-0.39, 0.29) is 24.2 Å². The first kappa shape index (κ1) is 17.4. The van der Waals surface area contributed by atoms with Crippen molar-refractivity contribution in [3.63, 3.8) is 0 Å². The molecule has 2 aromatic rings. The highest BCUT2D eigenvalue weighted by Gasteiger charge is 2.25. The fourth-order valence-electron chi connectivity index (χ4n) is 3.12. The van der Waals surface area contributed by atoms with Crippen molar-refractivity contribution in [2.45, 2.75) is 19.4 Å². The average molecular weight is 343 g/mol. The van der Waals surface area contributed by atoms with Gasteiger partial charge in [-0.05, 0) is 54.8 Å². The zero-order valence-electron chi connectivity index (χ0n) is 14.0. The van der Waals surface area contributed by atoms with Crippen molar-refractivity contribution >= 4 is 5.91 Å². The molecule has 1 saturated heterocycles. The summed E-state index contributed by atoms with van der Waals surface area (Å²) >= 11 is 0. The highest BCUT2D eigenvalue weighted by atomic mass is 19.1. The lowest BCUT2D eigenvalue weighted by Gasteiger charge is -2.32. The maximum atomic E-state index is 12.9. The molecule has 1 atom stereocenters. The van der Waals surface area contributed by atoms with Crippen molar-refractivity contribution in [1.82, 2.24) is 4.90 Å². The third-order valence-corrected chi connectivity index (χ3v) is 4.46. The molecule has 25 heavy (non-hydrogen) atoms. The van der Waals surface area contributed by atoms with Crippen LogP contribution in [0.15, 0.2) is 48.5 Å². The van der Waals surface area contributed by atoms with E-state index in [0.29, 0.717) is 24.5 Å². The van der Waals surface area contributed by atoms with Gasteiger partial charge in [0.15, 0.2) is 0 Å². The molecule has 0 aliphatic carbocycles. The molecule has 0 saturated carbocycles. The summed E-state index contributed by atoms with van der Waals surface area (Å²) in [6.45, 7) is 1.81. The third-order valence-electron chi connectivity index (χ3n) is 4.46. The summed E-state index contributed by atoms with van der Waals surface area (Å²) in [6, 6.07) is 13.1. The fourth-order valence-corrected chi connectivity index (χ4v) is 3.12. The number of ether oxygens (including phenoxy) is 1. The van der Waals surface area contributed by atoms with Gasteiger partial charge in [-0.15, -0.1) is 0 Å².